The van der Waals surface area contributed by atoms with E-state index in [4.69, 9.17) is 14.6 Å². The monoisotopic (exact) mass is 292 g/mol. The molecule has 1 aromatic heterocycles. The summed E-state index contributed by atoms with van der Waals surface area (Å²) < 4.78 is 11.7. The molecule has 5 heteroatoms. The Morgan fingerprint density at radius 3 is 3.00 bits per heavy atom. The predicted molar refractivity (Wildman–Crippen MR) is 76.6 cm³/mol. The number of aromatic amines is 1. The van der Waals surface area contributed by atoms with Gasteiger partial charge in [-0.2, -0.15) is 5.10 Å². The fourth-order valence-electron chi connectivity index (χ4n) is 4.55. The van der Waals surface area contributed by atoms with Gasteiger partial charge in [0.25, 0.3) is 0 Å². The molecule has 0 amide bonds. The van der Waals surface area contributed by atoms with Crippen molar-refractivity contribution in [2.24, 2.45) is 5.41 Å². The molecule has 4 aliphatic rings. The average molecular weight is 292 g/mol. The molecule has 1 saturated heterocycles. The minimum absolute atomic E-state index is 0.0232. The van der Waals surface area contributed by atoms with Crippen LogP contribution in [0.5, 0.6) is 0 Å². The van der Waals surface area contributed by atoms with Gasteiger partial charge in [0.1, 0.15) is 0 Å². The number of H-pyrrole nitrogens is 1. The molecule has 0 spiro atoms. The lowest BCUT2D eigenvalue weighted by atomic mass is 9.59. The standard InChI is InChI=1S/C16H24N2O3/c19-8-12-7-13(18-17-12)16-5-4-15(9-16,10-16)11-21-14-3-1-2-6-20-14/h7,14,19H,1-6,8-11H2,(H,17,18). The lowest BCUT2D eigenvalue weighted by molar-refractivity contribution is -0.186. The molecule has 2 bridgehead atoms. The molecule has 5 rings (SSSR count). The summed E-state index contributed by atoms with van der Waals surface area (Å²) in [5, 5.41) is 16.5. The first-order valence-corrected chi connectivity index (χ1v) is 8.13. The lowest BCUT2D eigenvalue weighted by Gasteiger charge is -2.47. The van der Waals surface area contributed by atoms with E-state index in [0.29, 0.717) is 5.41 Å². The van der Waals surface area contributed by atoms with Crippen LogP contribution in [0.15, 0.2) is 6.07 Å². The van der Waals surface area contributed by atoms with E-state index in [1.54, 1.807) is 0 Å². The molecule has 3 saturated carbocycles. The molecular weight excluding hydrogens is 268 g/mol. The van der Waals surface area contributed by atoms with Crippen LogP contribution in [0, 0.1) is 5.41 Å². The molecule has 1 aromatic rings. The van der Waals surface area contributed by atoms with Crippen molar-refractivity contribution >= 4 is 0 Å². The molecule has 5 nitrogen and oxygen atoms in total. The summed E-state index contributed by atoms with van der Waals surface area (Å²) >= 11 is 0. The Balaban J connectivity index is 1.35. The summed E-state index contributed by atoms with van der Waals surface area (Å²) in [5.74, 6) is 0. The van der Waals surface area contributed by atoms with Gasteiger partial charge in [-0.3, -0.25) is 5.10 Å². The predicted octanol–water partition coefficient (Wildman–Crippen LogP) is 2.26. The Labute approximate surface area is 125 Å². The first kappa shape index (κ1) is 13.7. The Kier molecular flexibility index (Phi) is 3.32. The highest BCUT2D eigenvalue weighted by Gasteiger charge is 2.62. The van der Waals surface area contributed by atoms with E-state index < -0.39 is 0 Å². The Hall–Kier alpha value is -0.910. The number of ether oxygens (including phenoxy) is 2. The van der Waals surface area contributed by atoms with E-state index in [0.717, 1.165) is 31.0 Å². The molecule has 1 atom stereocenters. The van der Waals surface area contributed by atoms with Gasteiger partial charge in [0, 0.05) is 12.0 Å². The zero-order valence-corrected chi connectivity index (χ0v) is 12.4. The Morgan fingerprint density at radius 1 is 1.38 bits per heavy atom. The third-order valence-corrected chi connectivity index (χ3v) is 5.62. The molecule has 1 unspecified atom stereocenters. The van der Waals surface area contributed by atoms with Crippen molar-refractivity contribution in [1.82, 2.24) is 10.2 Å². The van der Waals surface area contributed by atoms with Gasteiger partial charge >= 0.3 is 0 Å². The minimum Gasteiger partial charge on any atom is -0.390 e. The van der Waals surface area contributed by atoms with Gasteiger partial charge in [0.2, 0.25) is 0 Å². The number of nitrogens with zero attached hydrogens (tertiary/aromatic N) is 1. The van der Waals surface area contributed by atoms with Crippen LogP contribution in [0.25, 0.3) is 0 Å². The molecule has 2 heterocycles. The summed E-state index contributed by atoms with van der Waals surface area (Å²) in [5.41, 5.74) is 2.53. The number of nitrogens with one attached hydrogen (secondary N) is 1. The van der Waals surface area contributed by atoms with Crippen LogP contribution in [0.1, 0.15) is 56.3 Å². The molecular formula is C16H24N2O3. The summed E-state index contributed by atoms with van der Waals surface area (Å²) in [6.07, 6.45) is 8.21. The number of hydrogen-bond donors (Lipinski definition) is 2. The smallest absolute Gasteiger partial charge is 0.157 e. The molecule has 1 aliphatic heterocycles. The van der Waals surface area contributed by atoms with Crippen LogP contribution in [0.4, 0.5) is 0 Å². The maximum atomic E-state index is 9.16. The second-order valence-corrected chi connectivity index (χ2v) is 7.18. The van der Waals surface area contributed by atoms with E-state index in [2.05, 4.69) is 10.2 Å². The first-order chi connectivity index (χ1) is 10.2. The third-order valence-electron chi connectivity index (χ3n) is 5.62. The second kappa shape index (κ2) is 5.07. The van der Waals surface area contributed by atoms with Crippen LogP contribution in [-0.2, 0) is 21.5 Å². The maximum absolute atomic E-state index is 9.16. The van der Waals surface area contributed by atoms with Crippen molar-refractivity contribution in [3.8, 4) is 0 Å². The summed E-state index contributed by atoms with van der Waals surface area (Å²) in [7, 11) is 0. The molecule has 2 N–H and O–H groups in total. The molecule has 21 heavy (non-hydrogen) atoms. The van der Waals surface area contributed by atoms with Gasteiger partial charge < -0.3 is 14.6 Å². The van der Waals surface area contributed by atoms with Gasteiger partial charge in [-0.1, -0.05) is 0 Å². The summed E-state index contributed by atoms with van der Waals surface area (Å²) in [6, 6.07) is 2.03. The number of fused-ring (bicyclic) bond motifs is 1. The van der Waals surface area contributed by atoms with Crippen LogP contribution in [-0.4, -0.2) is 34.8 Å². The van der Waals surface area contributed by atoms with E-state index in [1.165, 1.54) is 38.5 Å². The van der Waals surface area contributed by atoms with E-state index in [9.17, 15) is 0 Å². The van der Waals surface area contributed by atoms with E-state index in [-0.39, 0.29) is 18.3 Å². The van der Waals surface area contributed by atoms with Crippen molar-refractivity contribution in [2.45, 2.75) is 63.3 Å². The zero-order valence-electron chi connectivity index (χ0n) is 12.4. The molecule has 116 valence electrons. The van der Waals surface area contributed by atoms with Crippen molar-refractivity contribution in [3.63, 3.8) is 0 Å². The number of aliphatic hydroxyl groups excluding tert-OH is 1. The van der Waals surface area contributed by atoms with Crippen LogP contribution < -0.4 is 0 Å². The SMILES string of the molecule is OCc1cc(C23CCC(COC4CCCCO4)(C2)C3)n[nH]1. The number of hydrogen-bond acceptors (Lipinski definition) is 4. The van der Waals surface area contributed by atoms with Gasteiger partial charge in [-0.25, -0.2) is 0 Å². The summed E-state index contributed by atoms with van der Waals surface area (Å²) in [6.45, 7) is 1.71. The largest absolute Gasteiger partial charge is 0.390 e. The lowest BCUT2D eigenvalue weighted by Crippen LogP contribution is -2.44. The van der Waals surface area contributed by atoms with Crippen LogP contribution in [0.3, 0.4) is 0 Å². The number of rotatable bonds is 5. The summed E-state index contributed by atoms with van der Waals surface area (Å²) in [4.78, 5) is 0. The van der Waals surface area contributed by atoms with Gasteiger partial charge in [0.15, 0.2) is 6.29 Å². The van der Waals surface area contributed by atoms with Gasteiger partial charge in [0.05, 0.1) is 24.6 Å². The Morgan fingerprint density at radius 2 is 2.29 bits per heavy atom. The zero-order chi connectivity index (χ0) is 14.3. The number of aromatic nitrogens is 2. The molecule has 4 fully saturated rings. The normalized spacial score (nSPS) is 38.4. The minimum atomic E-state index is 0.0232. The highest BCUT2D eigenvalue weighted by molar-refractivity contribution is 5.30. The van der Waals surface area contributed by atoms with E-state index in [1.807, 2.05) is 6.07 Å². The topological polar surface area (TPSA) is 67.4 Å². The van der Waals surface area contributed by atoms with Gasteiger partial charge in [-0.05, 0) is 56.4 Å². The molecule has 3 aliphatic carbocycles. The van der Waals surface area contributed by atoms with Crippen molar-refractivity contribution in [3.05, 3.63) is 17.5 Å². The quantitative estimate of drug-likeness (QED) is 0.873. The fourth-order valence-corrected chi connectivity index (χ4v) is 4.55. The van der Waals surface area contributed by atoms with Crippen molar-refractivity contribution in [1.29, 1.82) is 0 Å². The number of aliphatic hydroxyl groups is 1. The van der Waals surface area contributed by atoms with Crippen LogP contribution >= 0.6 is 0 Å². The third kappa shape index (κ3) is 2.31. The Bertz CT molecular complexity index is 501. The molecule has 0 aromatic carbocycles. The fraction of sp³-hybridized carbons (Fsp3) is 0.812. The van der Waals surface area contributed by atoms with Gasteiger partial charge in [-0.15, -0.1) is 0 Å². The van der Waals surface area contributed by atoms with Crippen molar-refractivity contribution in [2.75, 3.05) is 13.2 Å². The first-order valence-electron chi connectivity index (χ1n) is 8.13. The maximum Gasteiger partial charge on any atom is 0.157 e. The second-order valence-electron chi connectivity index (χ2n) is 7.18. The highest BCUT2D eigenvalue weighted by Crippen LogP contribution is 2.67. The van der Waals surface area contributed by atoms with Crippen molar-refractivity contribution < 1.29 is 14.6 Å². The van der Waals surface area contributed by atoms with Crippen LogP contribution in [0.2, 0.25) is 0 Å². The average Bonchev–Trinajstić information content (AvgIpc) is 3.19. The van der Waals surface area contributed by atoms with E-state index >= 15 is 0 Å². The highest BCUT2D eigenvalue weighted by atomic mass is 16.7. The molecule has 0 radical (unpaired) electrons.